The highest BCUT2D eigenvalue weighted by molar-refractivity contribution is 7.92. The minimum Gasteiger partial charge on any atom is -0.478 e. The number of sulfonamides is 1. The highest BCUT2D eigenvalue weighted by Gasteiger charge is 2.20. The van der Waals surface area contributed by atoms with Crippen molar-refractivity contribution in [2.24, 2.45) is 0 Å². The maximum atomic E-state index is 12.5. The topological polar surface area (TPSA) is 111 Å². The predicted octanol–water partition coefficient (Wildman–Crippen LogP) is 2.04. The summed E-state index contributed by atoms with van der Waals surface area (Å²) in [6.07, 6.45) is 3.42. The van der Waals surface area contributed by atoms with Crippen LogP contribution in [0.25, 0.3) is 0 Å². The highest BCUT2D eigenvalue weighted by atomic mass is 32.2. The second-order valence-electron chi connectivity index (χ2n) is 5.91. The van der Waals surface area contributed by atoms with Crippen LogP contribution >= 0.6 is 0 Å². The molecule has 0 amide bonds. The first-order valence-corrected chi connectivity index (χ1v) is 9.35. The normalized spacial score (nSPS) is 15.9. The molecular weight excluding hydrogens is 346 g/mol. The van der Waals surface area contributed by atoms with Gasteiger partial charge >= 0.3 is 5.97 Å². The molecule has 0 atom stereocenters. The first-order chi connectivity index (χ1) is 11.9. The van der Waals surface area contributed by atoms with Crippen molar-refractivity contribution in [3.63, 3.8) is 0 Å². The molecule has 25 heavy (non-hydrogen) atoms. The van der Waals surface area contributed by atoms with Crippen molar-refractivity contribution in [3.8, 4) is 0 Å². The quantitative estimate of drug-likeness (QED) is 0.839. The van der Waals surface area contributed by atoms with Gasteiger partial charge in [0.2, 0.25) is 0 Å². The second kappa shape index (κ2) is 6.85. The number of aryl methyl sites for hydroxylation is 1. The van der Waals surface area contributed by atoms with Gasteiger partial charge in [-0.2, -0.15) is 5.10 Å². The van der Waals surface area contributed by atoms with Gasteiger partial charge < -0.3 is 9.84 Å². The third-order valence-corrected chi connectivity index (χ3v) is 5.50. The Balaban J connectivity index is 1.78. The number of carboxylic acid groups (broad SMARTS) is 1. The van der Waals surface area contributed by atoms with E-state index >= 15 is 0 Å². The molecule has 3 rings (SSSR count). The van der Waals surface area contributed by atoms with Gasteiger partial charge in [-0.1, -0.05) is 0 Å². The Bertz CT molecular complexity index is 885. The minimum atomic E-state index is -3.84. The summed E-state index contributed by atoms with van der Waals surface area (Å²) in [6.45, 7) is 2.89. The summed E-state index contributed by atoms with van der Waals surface area (Å²) in [6, 6.07) is 5.69. The maximum Gasteiger partial charge on any atom is 0.335 e. The van der Waals surface area contributed by atoms with Crippen molar-refractivity contribution >= 4 is 21.8 Å². The number of aromatic carboxylic acids is 1. The van der Waals surface area contributed by atoms with E-state index in [9.17, 15) is 13.2 Å². The summed E-state index contributed by atoms with van der Waals surface area (Å²) in [7, 11) is -3.84. The summed E-state index contributed by atoms with van der Waals surface area (Å²) in [5, 5.41) is 13.3. The van der Waals surface area contributed by atoms with Crippen LogP contribution in [-0.2, 0) is 14.8 Å². The van der Waals surface area contributed by atoms with Gasteiger partial charge in [0.25, 0.3) is 10.0 Å². The number of rotatable bonds is 5. The van der Waals surface area contributed by atoms with Gasteiger partial charge in [-0.3, -0.25) is 9.40 Å². The zero-order chi connectivity index (χ0) is 18.0. The summed E-state index contributed by atoms with van der Waals surface area (Å²) in [5.74, 6) is -0.865. The van der Waals surface area contributed by atoms with E-state index in [2.05, 4.69) is 9.82 Å². The van der Waals surface area contributed by atoms with Crippen LogP contribution in [0, 0.1) is 6.92 Å². The molecule has 9 heteroatoms. The number of ether oxygens (including phenoxy) is 1. The standard InChI is InChI=1S/C16H19N3O5S/c1-11-10-13(2-3-14(11)16(20)21)25(22,23)18-15-4-7-19(17-15)12-5-8-24-9-6-12/h2-4,7,10,12H,5-6,8-9H2,1H3,(H,17,18)(H,20,21). The number of benzene rings is 1. The van der Waals surface area contributed by atoms with Crippen molar-refractivity contribution in [3.05, 3.63) is 41.6 Å². The van der Waals surface area contributed by atoms with Gasteiger partial charge in [-0.15, -0.1) is 0 Å². The molecule has 2 N–H and O–H groups in total. The highest BCUT2D eigenvalue weighted by Crippen LogP contribution is 2.22. The number of hydrogen-bond acceptors (Lipinski definition) is 5. The van der Waals surface area contributed by atoms with Gasteiger partial charge in [0.05, 0.1) is 16.5 Å². The van der Waals surface area contributed by atoms with E-state index in [-0.39, 0.29) is 22.3 Å². The Hall–Kier alpha value is -2.39. The summed E-state index contributed by atoms with van der Waals surface area (Å²) in [5.41, 5.74) is 0.450. The van der Waals surface area contributed by atoms with E-state index in [0.29, 0.717) is 18.8 Å². The Morgan fingerprint density at radius 1 is 1.32 bits per heavy atom. The van der Waals surface area contributed by atoms with Crippen molar-refractivity contribution in [1.29, 1.82) is 0 Å². The first kappa shape index (κ1) is 17.4. The lowest BCUT2D eigenvalue weighted by atomic mass is 10.1. The zero-order valence-corrected chi connectivity index (χ0v) is 14.5. The van der Waals surface area contributed by atoms with Crippen LogP contribution < -0.4 is 4.72 Å². The maximum absolute atomic E-state index is 12.5. The van der Waals surface area contributed by atoms with Crippen molar-refractivity contribution < 1.29 is 23.1 Å². The third kappa shape index (κ3) is 3.83. The van der Waals surface area contributed by atoms with Gasteiger partial charge in [-0.25, -0.2) is 13.2 Å². The molecule has 0 unspecified atom stereocenters. The number of nitrogens with zero attached hydrogens (tertiary/aromatic N) is 2. The molecule has 134 valence electrons. The van der Waals surface area contributed by atoms with Gasteiger partial charge in [0.15, 0.2) is 5.82 Å². The molecule has 8 nitrogen and oxygen atoms in total. The van der Waals surface area contributed by atoms with E-state index in [1.165, 1.54) is 18.2 Å². The molecule has 1 aliphatic rings. The molecule has 1 aromatic carbocycles. The number of carboxylic acids is 1. The fourth-order valence-electron chi connectivity index (χ4n) is 2.79. The van der Waals surface area contributed by atoms with E-state index < -0.39 is 16.0 Å². The lowest BCUT2D eigenvalue weighted by molar-refractivity contribution is 0.0663. The van der Waals surface area contributed by atoms with E-state index in [1.807, 2.05) is 0 Å². The molecule has 2 heterocycles. The molecule has 2 aromatic rings. The fraction of sp³-hybridized carbons (Fsp3) is 0.375. The molecule has 0 spiro atoms. The lowest BCUT2D eigenvalue weighted by Crippen LogP contribution is -2.20. The molecule has 0 aliphatic carbocycles. The van der Waals surface area contributed by atoms with Crippen LogP contribution in [0.2, 0.25) is 0 Å². The summed E-state index contributed by atoms with van der Waals surface area (Å²) in [4.78, 5) is 11.0. The number of anilines is 1. The average molecular weight is 365 g/mol. The molecule has 1 saturated heterocycles. The van der Waals surface area contributed by atoms with Gasteiger partial charge in [-0.05, 0) is 43.5 Å². The van der Waals surface area contributed by atoms with Crippen molar-refractivity contribution in [2.45, 2.75) is 30.7 Å². The molecule has 1 aromatic heterocycles. The van der Waals surface area contributed by atoms with E-state index in [4.69, 9.17) is 9.84 Å². The van der Waals surface area contributed by atoms with Gasteiger partial charge in [0.1, 0.15) is 0 Å². The SMILES string of the molecule is Cc1cc(S(=O)(=O)Nc2ccn(C3CCOCC3)n2)ccc1C(=O)O. The molecule has 1 aliphatic heterocycles. The second-order valence-corrected chi connectivity index (χ2v) is 7.59. The third-order valence-electron chi connectivity index (χ3n) is 4.15. The number of aromatic nitrogens is 2. The van der Waals surface area contributed by atoms with Crippen LogP contribution in [0.4, 0.5) is 5.82 Å². The lowest BCUT2D eigenvalue weighted by Gasteiger charge is -2.22. The van der Waals surface area contributed by atoms with E-state index in [1.54, 1.807) is 23.9 Å². The zero-order valence-electron chi connectivity index (χ0n) is 13.7. The Labute approximate surface area is 145 Å². The summed E-state index contributed by atoms with van der Waals surface area (Å²) >= 11 is 0. The number of carbonyl (C=O) groups is 1. The molecular formula is C16H19N3O5S. The number of nitrogens with one attached hydrogen (secondary N) is 1. The Kier molecular flexibility index (Phi) is 4.78. The van der Waals surface area contributed by atoms with Crippen LogP contribution in [-0.4, -0.2) is 42.5 Å². The predicted molar refractivity (Wildman–Crippen MR) is 90.3 cm³/mol. The molecule has 0 bridgehead atoms. The summed E-state index contributed by atoms with van der Waals surface area (Å²) < 4.78 is 34.5. The average Bonchev–Trinajstić information content (AvgIpc) is 3.03. The van der Waals surface area contributed by atoms with Crippen LogP contribution in [0.5, 0.6) is 0 Å². The van der Waals surface area contributed by atoms with Crippen molar-refractivity contribution in [2.75, 3.05) is 17.9 Å². The van der Waals surface area contributed by atoms with Crippen molar-refractivity contribution in [1.82, 2.24) is 9.78 Å². The van der Waals surface area contributed by atoms with Crippen LogP contribution in [0.3, 0.4) is 0 Å². The smallest absolute Gasteiger partial charge is 0.335 e. The first-order valence-electron chi connectivity index (χ1n) is 7.86. The molecule has 0 saturated carbocycles. The Morgan fingerprint density at radius 3 is 2.68 bits per heavy atom. The minimum absolute atomic E-state index is 0.00406. The number of hydrogen-bond donors (Lipinski definition) is 2. The molecule has 0 radical (unpaired) electrons. The Morgan fingerprint density at radius 2 is 2.04 bits per heavy atom. The largest absolute Gasteiger partial charge is 0.478 e. The van der Waals surface area contributed by atoms with E-state index in [0.717, 1.165) is 12.8 Å². The van der Waals surface area contributed by atoms with Crippen LogP contribution in [0.1, 0.15) is 34.8 Å². The monoisotopic (exact) mass is 365 g/mol. The van der Waals surface area contributed by atoms with Crippen LogP contribution in [0.15, 0.2) is 35.4 Å². The van der Waals surface area contributed by atoms with Gasteiger partial charge in [0, 0.05) is 25.5 Å². The fourth-order valence-corrected chi connectivity index (χ4v) is 3.87. The molecule has 1 fully saturated rings.